The van der Waals surface area contributed by atoms with Crippen LogP contribution in [-0.2, 0) is 6.42 Å². The van der Waals surface area contributed by atoms with Crippen LogP contribution in [0.2, 0.25) is 0 Å². The second-order valence-corrected chi connectivity index (χ2v) is 8.38. The van der Waals surface area contributed by atoms with Crippen molar-refractivity contribution in [2.24, 2.45) is 0 Å². The standard InChI is InChI=1S/C28H30N4/c1-6-20-7-17-26(29-19-20)27-18-16-25(21-8-12-23(13-9-21)31(2)3)28(30-27)22-10-14-24(15-11-22)32(4)5/h7-19H,6H2,1-5H3. The van der Waals surface area contributed by atoms with Crippen molar-refractivity contribution in [3.63, 3.8) is 0 Å². The van der Waals surface area contributed by atoms with Crippen molar-refractivity contribution in [2.75, 3.05) is 38.0 Å². The van der Waals surface area contributed by atoms with E-state index in [4.69, 9.17) is 4.98 Å². The van der Waals surface area contributed by atoms with Gasteiger partial charge < -0.3 is 9.80 Å². The van der Waals surface area contributed by atoms with Gasteiger partial charge in [0, 0.05) is 56.9 Å². The molecule has 0 amide bonds. The Morgan fingerprint density at radius 2 is 1.19 bits per heavy atom. The normalized spacial score (nSPS) is 10.8. The van der Waals surface area contributed by atoms with E-state index in [9.17, 15) is 0 Å². The number of hydrogen-bond acceptors (Lipinski definition) is 4. The Hall–Kier alpha value is -3.66. The molecule has 2 heterocycles. The summed E-state index contributed by atoms with van der Waals surface area (Å²) in [6.07, 6.45) is 2.92. The number of pyridine rings is 2. The Kier molecular flexibility index (Phi) is 6.22. The number of nitrogens with zero attached hydrogens (tertiary/aromatic N) is 4. The molecule has 162 valence electrons. The molecule has 0 bridgehead atoms. The monoisotopic (exact) mass is 422 g/mol. The second-order valence-electron chi connectivity index (χ2n) is 8.38. The Balaban J connectivity index is 1.82. The Morgan fingerprint density at radius 1 is 0.625 bits per heavy atom. The number of aryl methyl sites for hydroxylation is 1. The lowest BCUT2D eigenvalue weighted by molar-refractivity contribution is 1.10. The first kappa shape index (κ1) is 21.6. The summed E-state index contributed by atoms with van der Waals surface area (Å²) in [5, 5.41) is 0. The van der Waals surface area contributed by atoms with Crippen LogP contribution in [0.4, 0.5) is 11.4 Å². The maximum atomic E-state index is 5.09. The highest BCUT2D eigenvalue weighted by Gasteiger charge is 2.13. The minimum Gasteiger partial charge on any atom is -0.378 e. The van der Waals surface area contributed by atoms with E-state index in [0.717, 1.165) is 40.2 Å². The predicted octanol–water partition coefficient (Wildman–Crippen LogP) is 6.17. The SMILES string of the molecule is CCc1ccc(-c2ccc(-c3ccc(N(C)C)cc3)c(-c3ccc(N(C)C)cc3)n2)nc1. The fourth-order valence-electron chi connectivity index (χ4n) is 3.70. The molecule has 4 aromatic rings. The molecule has 2 aromatic carbocycles. The van der Waals surface area contributed by atoms with E-state index >= 15 is 0 Å². The smallest absolute Gasteiger partial charge is 0.0894 e. The minimum atomic E-state index is 0.882. The van der Waals surface area contributed by atoms with Crippen molar-refractivity contribution in [3.05, 3.63) is 84.6 Å². The number of hydrogen-bond donors (Lipinski definition) is 0. The highest BCUT2D eigenvalue weighted by atomic mass is 15.1. The van der Waals surface area contributed by atoms with E-state index in [-0.39, 0.29) is 0 Å². The predicted molar refractivity (Wildman–Crippen MR) is 136 cm³/mol. The zero-order valence-electron chi connectivity index (χ0n) is 19.5. The first-order valence-electron chi connectivity index (χ1n) is 11.0. The summed E-state index contributed by atoms with van der Waals surface area (Å²) in [4.78, 5) is 14.0. The molecule has 4 heteroatoms. The molecule has 0 aliphatic rings. The van der Waals surface area contributed by atoms with Crippen molar-refractivity contribution in [1.29, 1.82) is 0 Å². The largest absolute Gasteiger partial charge is 0.378 e. The third-order valence-corrected chi connectivity index (χ3v) is 5.74. The molecule has 4 rings (SSSR count). The van der Waals surface area contributed by atoms with E-state index in [1.807, 2.05) is 6.20 Å². The molecule has 32 heavy (non-hydrogen) atoms. The van der Waals surface area contributed by atoms with Crippen LogP contribution in [0.15, 0.2) is 79.0 Å². The molecule has 4 nitrogen and oxygen atoms in total. The number of anilines is 2. The summed E-state index contributed by atoms with van der Waals surface area (Å²) in [6.45, 7) is 2.14. The van der Waals surface area contributed by atoms with Gasteiger partial charge in [0.1, 0.15) is 0 Å². The van der Waals surface area contributed by atoms with Gasteiger partial charge in [-0.05, 0) is 60.0 Å². The van der Waals surface area contributed by atoms with Crippen LogP contribution in [0.1, 0.15) is 12.5 Å². The van der Waals surface area contributed by atoms with Gasteiger partial charge in [0.25, 0.3) is 0 Å². The van der Waals surface area contributed by atoms with Crippen LogP contribution >= 0.6 is 0 Å². The Labute approximate surface area is 191 Å². The molecule has 0 aliphatic carbocycles. The maximum absolute atomic E-state index is 5.09. The highest BCUT2D eigenvalue weighted by Crippen LogP contribution is 2.34. The second kappa shape index (κ2) is 9.23. The van der Waals surface area contributed by atoms with Crippen LogP contribution in [0.3, 0.4) is 0 Å². The summed E-state index contributed by atoms with van der Waals surface area (Å²) in [7, 11) is 8.22. The van der Waals surface area contributed by atoms with Crippen molar-refractivity contribution in [1.82, 2.24) is 9.97 Å². The molecule has 2 aromatic heterocycles. The van der Waals surface area contributed by atoms with Gasteiger partial charge >= 0.3 is 0 Å². The molecule has 0 saturated carbocycles. The molecule has 0 spiro atoms. The molecule has 0 radical (unpaired) electrons. The Bertz CT molecular complexity index is 1180. The molecule has 0 unspecified atom stereocenters. The van der Waals surface area contributed by atoms with Crippen molar-refractivity contribution in [2.45, 2.75) is 13.3 Å². The van der Waals surface area contributed by atoms with Crippen molar-refractivity contribution < 1.29 is 0 Å². The molecular weight excluding hydrogens is 392 g/mol. The third-order valence-electron chi connectivity index (χ3n) is 5.74. The summed E-state index contributed by atoms with van der Waals surface area (Å²) >= 11 is 0. The van der Waals surface area contributed by atoms with Gasteiger partial charge in [0.2, 0.25) is 0 Å². The maximum Gasteiger partial charge on any atom is 0.0894 e. The van der Waals surface area contributed by atoms with Crippen LogP contribution in [0.25, 0.3) is 33.8 Å². The summed E-state index contributed by atoms with van der Waals surface area (Å²) < 4.78 is 0. The first-order chi connectivity index (χ1) is 15.5. The van der Waals surface area contributed by atoms with E-state index < -0.39 is 0 Å². The molecule has 0 saturated heterocycles. The van der Waals surface area contributed by atoms with Crippen molar-refractivity contribution in [3.8, 4) is 33.8 Å². The molecule has 0 fully saturated rings. The highest BCUT2D eigenvalue weighted by molar-refractivity contribution is 5.83. The van der Waals surface area contributed by atoms with E-state index in [2.05, 4.69) is 123 Å². The van der Waals surface area contributed by atoms with Crippen LogP contribution < -0.4 is 9.80 Å². The van der Waals surface area contributed by atoms with E-state index in [1.165, 1.54) is 16.9 Å². The van der Waals surface area contributed by atoms with E-state index in [1.54, 1.807) is 0 Å². The first-order valence-corrected chi connectivity index (χ1v) is 11.0. The molecule has 0 atom stereocenters. The van der Waals surface area contributed by atoms with Gasteiger partial charge in [-0.3, -0.25) is 4.98 Å². The zero-order valence-corrected chi connectivity index (χ0v) is 19.5. The van der Waals surface area contributed by atoms with Crippen LogP contribution in [0, 0.1) is 0 Å². The van der Waals surface area contributed by atoms with Gasteiger partial charge in [0.15, 0.2) is 0 Å². The summed E-state index contributed by atoms with van der Waals surface area (Å²) in [6, 6.07) is 25.6. The fourth-order valence-corrected chi connectivity index (χ4v) is 3.70. The average molecular weight is 423 g/mol. The number of benzene rings is 2. The fraction of sp³-hybridized carbons (Fsp3) is 0.214. The zero-order chi connectivity index (χ0) is 22.7. The van der Waals surface area contributed by atoms with Gasteiger partial charge in [-0.2, -0.15) is 0 Å². The van der Waals surface area contributed by atoms with Crippen LogP contribution in [-0.4, -0.2) is 38.2 Å². The Morgan fingerprint density at radius 3 is 1.69 bits per heavy atom. The lowest BCUT2D eigenvalue weighted by Gasteiger charge is -2.16. The quantitative estimate of drug-likeness (QED) is 0.372. The summed E-state index contributed by atoms with van der Waals surface area (Å²) in [5.41, 5.74) is 9.66. The molecular formula is C28H30N4. The molecule has 0 N–H and O–H groups in total. The summed E-state index contributed by atoms with van der Waals surface area (Å²) in [5.74, 6) is 0. The van der Waals surface area contributed by atoms with Crippen LogP contribution in [0.5, 0.6) is 0 Å². The van der Waals surface area contributed by atoms with Gasteiger partial charge in [-0.25, -0.2) is 4.98 Å². The lowest BCUT2D eigenvalue weighted by Crippen LogP contribution is -2.08. The van der Waals surface area contributed by atoms with Gasteiger partial charge in [-0.1, -0.05) is 37.3 Å². The van der Waals surface area contributed by atoms with Crippen molar-refractivity contribution >= 4 is 11.4 Å². The third kappa shape index (κ3) is 4.50. The van der Waals surface area contributed by atoms with Gasteiger partial charge in [0.05, 0.1) is 17.1 Å². The number of rotatable bonds is 6. The average Bonchev–Trinajstić information content (AvgIpc) is 2.84. The van der Waals surface area contributed by atoms with E-state index in [0.29, 0.717) is 0 Å². The molecule has 0 aliphatic heterocycles. The minimum absolute atomic E-state index is 0.882. The topological polar surface area (TPSA) is 32.3 Å². The van der Waals surface area contributed by atoms with Gasteiger partial charge in [-0.15, -0.1) is 0 Å². The lowest BCUT2D eigenvalue weighted by atomic mass is 9.98. The number of aromatic nitrogens is 2.